The topological polar surface area (TPSA) is 51.0 Å². The summed E-state index contributed by atoms with van der Waals surface area (Å²) in [6.07, 6.45) is -4.36. The van der Waals surface area contributed by atoms with E-state index in [-0.39, 0.29) is 24.0 Å². The van der Waals surface area contributed by atoms with Crippen LogP contribution in [0.3, 0.4) is 0 Å². The van der Waals surface area contributed by atoms with Crippen LogP contribution in [0, 0.1) is 5.82 Å². The van der Waals surface area contributed by atoms with E-state index in [4.69, 9.17) is 0 Å². The minimum atomic E-state index is -4.46. The molecule has 1 aromatic carbocycles. The van der Waals surface area contributed by atoms with Crippen molar-refractivity contribution in [3.05, 3.63) is 35.9 Å². The summed E-state index contributed by atoms with van der Waals surface area (Å²) in [5.41, 5.74) is 0.417. The molecule has 1 aliphatic heterocycles. The first-order valence-electron chi connectivity index (χ1n) is 7.82. The molecule has 3 rings (SSSR count). The van der Waals surface area contributed by atoms with E-state index in [1.165, 1.54) is 24.3 Å². The minimum absolute atomic E-state index is 0.0849. The smallest absolute Gasteiger partial charge is 0.342 e. The van der Waals surface area contributed by atoms with Gasteiger partial charge in [-0.1, -0.05) is 0 Å². The molecule has 0 aliphatic carbocycles. The molecule has 1 atom stereocenters. The zero-order chi connectivity index (χ0) is 18.2. The van der Waals surface area contributed by atoms with Crippen LogP contribution in [0.4, 0.5) is 17.6 Å². The van der Waals surface area contributed by atoms with E-state index in [1.54, 1.807) is 4.90 Å². The van der Waals surface area contributed by atoms with Gasteiger partial charge in [-0.15, -0.1) is 0 Å². The van der Waals surface area contributed by atoms with Gasteiger partial charge < -0.3 is 4.90 Å². The van der Waals surface area contributed by atoms with Gasteiger partial charge in [0.25, 0.3) is 0 Å². The van der Waals surface area contributed by atoms with Gasteiger partial charge in [0.05, 0.1) is 0 Å². The molecule has 1 aromatic heterocycles. The second-order valence-electron chi connectivity index (χ2n) is 5.91. The third kappa shape index (κ3) is 3.80. The van der Waals surface area contributed by atoms with Crippen LogP contribution in [0.5, 0.6) is 0 Å². The predicted molar refractivity (Wildman–Crippen MR) is 81.1 cm³/mol. The largest absolute Gasteiger partial charge is 0.408 e. The van der Waals surface area contributed by atoms with Gasteiger partial charge in [0.1, 0.15) is 18.2 Å². The third-order valence-electron chi connectivity index (χ3n) is 4.09. The molecule has 0 saturated carbocycles. The number of halogens is 4. The Morgan fingerprint density at radius 1 is 1.24 bits per heavy atom. The molecular weight excluding hydrogens is 340 g/mol. The average Bonchev–Trinajstić information content (AvgIpc) is 3.09. The summed E-state index contributed by atoms with van der Waals surface area (Å²) in [7, 11) is 0. The van der Waals surface area contributed by atoms with Crippen LogP contribution >= 0.6 is 0 Å². The Hall–Kier alpha value is -2.45. The van der Waals surface area contributed by atoms with Crippen LogP contribution in [0.1, 0.15) is 25.1 Å². The normalized spacial score (nSPS) is 18.2. The first-order valence-corrected chi connectivity index (χ1v) is 7.82. The monoisotopic (exact) mass is 356 g/mol. The maximum atomic E-state index is 13.0. The van der Waals surface area contributed by atoms with Crippen molar-refractivity contribution in [3.8, 4) is 11.4 Å². The van der Waals surface area contributed by atoms with Crippen LogP contribution in [-0.4, -0.2) is 44.8 Å². The summed E-state index contributed by atoms with van der Waals surface area (Å²) < 4.78 is 52.5. The highest BCUT2D eigenvalue weighted by Gasteiger charge is 2.36. The maximum absolute atomic E-state index is 13.0. The minimum Gasteiger partial charge on any atom is -0.342 e. The van der Waals surface area contributed by atoms with Gasteiger partial charge in [0.2, 0.25) is 5.91 Å². The highest BCUT2D eigenvalue weighted by molar-refractivity contribution is 5.79. The molecule has 1 amide bonds. The number of carbonyl (C=O) groups excluding carboxylic acids is 1. The Kier molecular flexibility index (Phi) is 4.49. The van der Waals surface area contributed by atoms with Crippen LogP contribution in [-0.2, 0) is 11.3 Å². The molecule has 25 heavy (non-hydrogen) atoms. The van der Waals surface area contributed by atoms with Crippen LogP contribution in [0.25, 0.3) is 11.4 Å². The van der Waals surface area contributed by atoms with Crippen molar-refractivity contribution in [2.45, 2.75) is 32.0 Å². The fourth-order valence-electron chi connectivity index (χ4n) is 2.91. The van der Waals surface area contributed by atoms with Gasteiger partial charge in [-0.2, -0.15) is 18.3 Å². The number of likely N-dealkylation sites (tertiary alicyclic amines) is 1. The van der Waals surface area contributed by atoms with Crippen molar-refractivity contribution in [1.82, 2.24) is 19.7 Å². The zero-order valence-corrected chi connectivity index (χ0v) is 13.4. The van der Waals surface area contributed by atoms with Gasteiger partial charge in [-0.05, 0) is 31.2 Å². The van der Waals surface area contributed by atoms with Crippen molar-refractivity contribution in [1.29, 1.82) is 0 Å². The fraction of sp³-hybridized carbons (Fsp3) is 0.438. The number of benzene rings is 1. The molecular formula is C16H16F4N4O. The van der Waals surface area contributed by atoms with Gasteiger partial charge >= 0.3 is 6.18 Å². The summed E-state index contributed by atoms with van der Waals surface area (Å²) in [6, 6.07) is 5.20. The average molecular weight is 356 g/mol. The summed E-state index contributed by atoms with van der Waals surface area (Å²) in [5, 5.41) is 3.95. The molecule has 134 valence electrons. The molecule has 1 saturated heterocycles. The van der Waals surface area contributed by atoms with E-state index in [2.05, 4.69) is 10.1 Å². The number of aromatic nitrogens is 3. The van der Waals surface area contributed by atoms with Crippen LogP contribution in [0.2, 0.25) is 0 Å². The van der Waals surface area contributed by atoms with Gasteiger partial charge in [0, 0.05) is 31.0 Å². The molecule has 9 heteroatoms. The summed E-state index contributed by atoms with van der Waals surface area (Å²) in [5.74, 6) is -0.810. The number of carbonyl (C=O) groups is 1. The number of nitrogens with zero attached hydrogens (tertiary/aromatic N) is 4. The van der Waals surface area contributed by atoms with E-state index in [0.29, 0.717) is 18.7 Å². The molecule has 2 aromatic rings. The highest BCUT2D eigenvalue weighted by atomic mass is 19.4. The number of alkyl halides is 3. The Morgan fingerprint density at radius 2 is 1.92 bits per heavy atom. The van der Waals surface area contributed by atoms with Crippen molar-refractivity contribution in [3.63, 3.8) is 0 Å². The number of amides is 1. The molecule has 0 bridgehead atoms. The lowest BCUT2D eigenvalue weighted by Crippen LogP contribution is -2.25. The quantitative estimate of drug-likeness (QED) is 0.792. The number of hydrogen-bond acceptors (Lipinski definition) is 3. The molecule has 1 unspecified atom stereocenters. The lowest BCUT2D eigenvalue weighted by Gasteiger charge is -2.14. The molecule has 0 radical (unpaired) electrons. The molecule has 1 aliphatic rings. The number of likely N-dealkylation sites (N-methyl/N-ethyl adjacent to an activating group) is 1. The third-order valence-corrected chi connectivity index (χ3v) is 4.09. The van der Waals surface area contributed by atoms with Crippen molar-refractivity contribution >= 4 is 5.91 Å². The van der Waals surface area contributed by atoms with Crippen molar-refractivity contribution in [2.24, 2.45) is 0 Å². The van der Waals surface area contributed by atoms with Crippen molar-refractivity contribution in [2.75, 3.05) is 13.1 Å². The van der Waals surface area contributed by atoms with E-state index in [1.807, 2.05) is 6.92 Å². The standard InChI is InChI=1S/C16H16F4N4O/c1-2-23-8-11(7-13(23)25)15-21-14(10-3-5-12(17)6-4-10)22-24(15)9-16(18,19)20/h3-6,11H,2,7-9H2,1H3. The molecule has 5 nitrogen and oxygen atoms in total. The maximum Gasteiger partial charge on any atom is 0.408 e. The Labute approximate surface area is 141 Å². The summed E-state index contributed by atoms with van der Waals surface area (Å²) >= 11 is 0. The first kappa shape index (κ1) is 17.4. The van der Waals surface area contributed by atoms with E-state index < -0.39 is 24.5 Å². The lowest BCUT2D eigenvalue weighted by molar-refractivity contribution is -0.143. The zero-order valence-electron chi connectivity index (χ0n) is 13.4. The Bertz CT molecular complexity index is 769. The Morgan fingerprint density at radius 3 is 2.48 bits per heavy atom. The predicted octanol–water partition coefficient (Wildman–Crippen LogP) is 2.98. The second-order valence-corrected chi connectivity index (χ2v) is 5.91. The van der Waals surface area contributed by atoms with E-state index in [0.717, 1.165) is 4.68 Å². The lowest BCUT2D eigenvalue weighted by atomic mass is 10.1. The summed E-state index contributed by atoms with van der Waals surface area (Å²) in [6.45, 7) is 1.33. The van der Waals surface area contributed by atoms with E-state index in [9.17, 15) is 22.4 Å². The van der Waals surface area contributed by atoms with Crippen molar-refractivity contribution < 1.29 is 22.4 Å². The Balaban J connectivity index is 1.97. The van der Waals surface area contributed by atoms with Gasteiger partial charge in [-0.25, -0.2) is 14.1 Å². The second kappa shape index (κ2) is 6.45. The molecule has 1 fully saturated rings. The molecule has 0 spiro atoms. The highest BCUT2D eigenvalue weighted by Crippen LogP contribution is 2.30. The van der Waals surface area contributed by atoms with Gasteiger partial charge in [-0.3, -0.25) is 4.79 Å². The SMILES string of the molecule is CCN1CC(c2nc(-c3ccc(F)cc3)nn2CC(F)(F)F)CC1=O. The molecule has 2 heterocycles. The van der Waals surface area contributed by atoms with Gasteiger partial charge in [0.15, 0.2) is 5.82 Å². The number of hydrogen-bond donors (Lipinski definition) is 0. The van der Waals surface area contributed by atoms with E-state index >= 15 is 0 Å². The fourth-order valence-corrected chi connectivity index (χ4v) is 2.91. The summed E-state index contributed by atoms with van der Waals surface area (Å²) in [4.78, 5) is 17.7. The van der Waals surface area contributed by atoms with Crippen LogP contribution in [0.15, 0.2) is 24.3 Å². The molecule has 0 N–H and O–H groups in total. The van der Waals surface area contributed by atoms with Crippen LogP contribution < -0.4 is 0 Å². The first-order chi connectivity index (χ1) is 11.8. The number of rotatable bonds is 4.